The minimum Gasteiger partial charge on any atom is -0.372 e. The minimum atomic E-state index is -0.657. The monoisotopic (exact) mass is 440 g/mol. The molecule has 0 spiro atoms. The fraction of sp³-hybridized carbons (Fsp3) is 0.391. The van der Waals surface area contributed by atoms with Crippen LogP contribution in [0.1, 0.15) is 13.4 Å². The van der Waals surface area contributed by atoms with Crippen molar-refractivity contribution in [1.29, 1.82) is 0 Å². The van der Waals surface area contributed by atoms with E-state index in [0.29, 0.717) is 24.2 Å². The number of benzene rings is 2. The number of hydrogen-bond donors (Lipinski definition) is 1. The summed E-state index contributed by atoms with van der Waals surface area (Å²) in [6.07, 6.45) is 3.53. The van der Waals surface area contributed by atoms with E-state index in [1.807, 2.05) is 6.07 Å². The fourth-order valence-electron chi connectivity index (χ4n) is 4.85. The molecule has 32 heavy (non-hydrogen) atoms. The number of aromatic nitrogens is 3. The number of ether oxygens (including phenoxy) is 1. The largest absolute Gasteiger partial charge is 0.372 e. The maximum Gasteiger partial charge on any atom is 0.246 e. The normalized spacial score (nSPS) is 23.0. The molecule has 0 amide bonds. The van der Waals surface area contributed by atoms with Crippen LogP contribution in [0.2, 0.25) is 0 Å². The molecule has 2 aromatic carbocycles. The van der Waals surface area contributed by atoms with Crippen LogP contribution in [0, 0.1) is 18.6 Å². The molecule has 2 unspecified atom stereocenters. The van der Waals surface area contributed by atoms with Gasteiger partial charge in [0.2, 0.25) is 5.95 Å². The number of morpholine rings is 1. The lowest BCUT2D eigenvalue weighted by Crippen LogP contribution is -2.67. The summed E-state index contributed by atoms with van der Waals surface area (Å²) in [4.78, 5) is 9.18. The van der Waals surface area contributed by atoms with Crippen LogP contribution >= 0.6 is 0 Å². The zero-order chi connectivity index (χ0) is 21.8. The quantitative estimate of drug-likeness (QED) is 0.655. The second-order valence-corrected chi connectivity index (χ2v) is 8.95. The second kappa shape index (κ2) is 7.53. The van der Waals surface area contributed by atoms with E-state index in [4.69, 9.17) is 4.74 Å². The van der Waals surface area contributed by atoms with Crippen molar-refractivity contribution < 1.29 is 14.9 Å². The summed E-state index contributed by atoms with van der Waals surface area (Å²) >= 11 is 0. The third-order valence-corrected chi connectivity index (χ3v) is 6.45. The Balaban J connectivity index is 0.00000228. The van der Waals surface area contributed by atoms with Crippen molar-refractivity contribution in [3.8, 4) is 5.69 Å². The van der Waals surface area contributed by atoms with E-state index in [1.165, 1.54) is 29.6 Å². The number of halogens is 2. The molecule has 0 radical (unpaired) electrons. The summed E-state index contributed by atoms with van der Waals surface area (Å²) in [6, 6.07) is 10.1. The highest BCUT2D eigenvalue weighted by atomic mass is 19.1. The van der Waals surface area contributed by atoms with Crippen LogP contribution in [0.25, 0.3) is 5.69 Å². The Labute approximate surface area is 186 Å². The van der Waals surface area contributed by atoms with E-state index in [0.717, 1.165) is 49.2 Å². The molecule has 7 rings (SSSR count). The minimum absolute atomic E-state index is 0. The van der Waals surface area contributed by atoms with Gasteiger partial charge in [-0.3, -0.25) is 4.90 Å². The first-order valence-corrected chi connectivity index (χ1v) is 10.9. The molecule has 1 aromatic heterocycles. The number of nitrogens with zero attached hydrogens (tertiary/aromatic N) is 5. The van der Waals surface area contributed by atoms with E-state index in [1.54, 1.807) is 0 Å². The number of rotatable bonds is 5. The lowest BCUT2D eigenvalue weighted by atomic mass is 9.94. The maximum atomic E-state index is 13.5. The Morgan fingerprint density at radius 2 is 1.69 bits per heavy atom. The summed E-state index contributed by atoms with van der Waals surface area (Å²) < 4.78 is 34.1. The number of aryl methyl sites for hydroxylation is 1. The van der Waals surface area contributed by atoms with Gasteiger partial charge in [0, 0.05) is 57.5 Å². The molecule has 4 aliphatic heterocycles. The van der Waals surface area contributed by atoms with Crippen molar-refractivity contribution in [1.82, 2.24) is 19.7 Å². The van der Waals surface area contributed by atoms with Gasteiger partial charge in [-0.25, -0.2) is 13.5 Å². The molecule has 3 aromatic rings. The number of piperidine rings is 1. The van der Waals surface area contributed by atoms with Crippen LogP contribution in [0.15, 0.2) is 42.7 Å². The highest BCUT2D eigenvalue weighted by Gasteiger charge is 2.43. The molecule has 2 atom stereocenters. The zero-order valence-electron chi connectivity index (χ0n) is 17.7. The van der Waals surface area contributed by atoms with E-state index in [2.05, 4.69) is 44.3 Å². The van der Waals surface area contributed by atoms with Gasteiger partial charge in [-0.1, -0.05) is 0 Å². The Morgan fingerprint density at radius 1 is 0.969 bits per heavy atom. The molecule has 1 N–H and O–H groups in total. The smallest absolute Gasteiger partial charge is 0.246 e. The zero-order valence-corrected chi connectivity index (χ0v) is 17.7. The van der Waals surface area contributed by atoms with Gasteiger partial charge in [0.25, 0.3) is 0 Å². The first-order valence-electron chi connectivity index (χ1n) is 10.9. The van der Waals surface area contributed by atoms with Crippen LogP contribution in [-0.2, 0) is 4.74 Å². The predicted molar refractivity (Wildman–Crippen MR) is 119 cm³/mol. The molecular weight excluding hydrogens is 414 g/mol. The Morgan fingerprint density at radius 3 is 2.41 bits per heavy atom. The van der Waals surface area contributed by atoms with Gasteiger partial charge in [0.1, 0.15) is 18.0 Å². The SMILES string of the molecule is Cc1cc(Nc2ncn(-c3cc(F)cc(F)c3)n2)cc(N2CC(N3CC4CC(C3)O4)C2)c1.[HH]. The average Bonchev–Trinajstić information content (AvgIpc) is 3.14. The van der Waals surface area contributed by atoms with Crippen LogP contribution in [0.4, 0.5) is 26.1 Å². The number of fused-ring (bicyclic) bond motifs is 2. The van der Waals surface area contributed by atoms with Gasteiger partial charge in [0.15, 0.2) is 0 Å². The number of nitrogens with one attached hydrogen (secondary N) is 1. The lowest BCUT2D eigenvalue weighted by molar-refractivity contribution is -0.189. The summed E-state index contributed by atoms with van der Waals surface area (Å²) in [6.45, 7) is 6.20. The fourth-order valence-corrected chi connectivity index (χ4v) is 4.85. The van der Waals surface area contributed by atoms with Crippen molar-refractivity contribution in [2.45, 2.75) is 31.6 Å². The van der Waals surface area contributed by atoms with Gasteiger partial charge in [-0.05, 0) is 42.8 Å². The third kappa shape index (κ3) is 3.71. The van der Waals surface area contributed by atoms with Crippen LogP contribution in [-0.4, -0.2) is 64.1 Å². The van der Waals surface area contributed by atoms with Gasteiger partial charge in [-0.2, -0.15) is 4.98 Å². The van der Waals surface area contributed by atoms with Gasteiger partial charge in [0.05, 0.1) is 17.9 Å². The first-order chi connectivity index (χ1) is 15.5. The average molecular weight is 440 g/mol. The van der Waals surface area contributed by atoms with E-state index in [-0.39, 0.29) is 7.11 Å². The van der Waals surface area contributed by atoms with Crippen molar-refractivity contribution in [2.24, 2.45) is 0 Å². The number of anilines is 3. The highest BCUT2D eigenvalue weighted by Crippen LogP contribution is 2.33. The Kier molecular flexibility index (Phi) is 4.62. The summed E-state index contributed by atoms with van der Waals surface area (Å²) in [7, 11) is 0. The van der Waals surface area contributed by atoms with Crippen molar-refractivity contribution in [3.63, 3.8) is 0 Å². The van der Waals surface area contributed by atoms with Gasteiger partial charge < -0.3 is 15.0 Å². The lowest BCUT2D eigenvalue weighted by Gasteiger charge is -2.54. The molecule has 0 saturated carbocycles. The van der Waals surface area contributed by atoms with Crippen LogP contribution < -0.4 is 10.2 Å². The molecule has 5 heterocycles. The second-order valence-electron chi connectivity index (χ2n) is 8.95. The van der Waals surface area contributed by atoms with E-state index < -0.39 is 11.6 Å². The molecule has 9 heteroatoms. The maximum absolute atomic E-state index is 13.5. The third-order valence-electron chi connectivity index (χ3n) is 6.45. The molecule has 4 aliphatic rings. The Bertz CT molecular complexity index is 1130. The standard InChI is InChI=1S/C23H24F2N6O.H2/c1-14-2-17(27-23-26-13-31(28-23)19-5-15(24)4-16(25)6-19)7-18(3-14)29-9-20(10-29)30-11-21-8-22(12-30)32-21;/h2-7,13,20-22H,8-12H2,1H3,(H,27,28);1H. The van der Waals surface area contributed by atoms with Gasteiger partial charge >= 0.3 is 0 Å². The molecule has 0 aliphatic carbocycles. The summed E-state index contributed by atoms with van der Waals surface area (Å²) in [5, 5.41) is 7.52. The van der Waals surface area contributed by atoms with Crippen LogP contribution in [0.3, 0.4) is 0 Å². The molecular formula is C23H26F2N6O. The van der Waals surface area contributed by atoms with E-state index >= 15 is 0 Å². The molecule has 168 valence electrons. The molecule has 7 nitrogen and oxygen atoms in total. The van der Waals surface area contributed by atoms with Crippen molar-refractivity contribution in [3.05, 3.63) is 59.9 Å². The number of hydrogen-bond acceptors (Lipinski definition) is 6. The molecule has 2 bridgehead atoms. The first kappa shape index (κ1) is 19.6. The summed E-state index contributed by atoms with van der Waals surface area (Å²) in [5.74, 6) is -0.953. The van der Waals surface area contributed by atoms with Crippen LogP contribution in [0.5, 0.6) is 0 Å². The van der Waals surface area contributed by atoms with Crippen molar-refractivity contribution >= 4 is 17.3 Å². The molecule has 4 saturated heterocycles. The van der Waals surface area contributed by atoms with Crippen molar-refractivity contribution in [2.75, 3.05) is 36.4 Å². The van der Waals surface area contributed by atoms with Gasteiger partial charge in [-0.15, -0.1) is 5.10 Å². The summed E-state index contributed by atoms with van der Waals surface area (Å²) in [5.41, 5.74) is 3.45. The highest BCUT2D eigenvalue weighted by molar-refractivity contribution is 5.65. The predicted octanol–water partition coefficient (Wildman–Crippen LogP) is 3.51. The molecule has 4 fully saturated rings. The van der Waals surface area contributed by atoms with E-state index in [9.17, 15) is 8.78 Å². The Hall–Kier alpha value is -3.04. The topological polar surface area (TPSA) is 58.5 Å².